The van der Waals surface area contributed by atoms with Gasteiger partial charge in [-0.1, -0.05) is 152 Å². The molecule has 0 saturated heterocycles. The maximum absolute atomic E-state index is 2.59. The Bertz CT molecular complexity index is 3290. The SMILES string of the molecule is C1=CC(n2c3ccccc3c3ccc(-c4ccc5c6c(n(-c7ccccc7)c5c4)CCC=C6)cc32)CC(c2ccc3c4ccccc4c4ccccc4c3c2)=C1. The molecule has 2 aliphatic carbocycles. The minimum Gasteiger partial charge on any atom is -0.333 e. The van der Waals surface area contributed by atoms with Gasteiger partial charge < -0.3 is 9.13 Å². The Morgan fingerprint density at radius 2 is 1.05 bits per heavy atom. The van der Waals surface area contributed by atoms with Gasteiger partial charge in [-0.05, 0) is 110 Å². The highest BCUT2D eigenvalue weighted by Crippen LogP contribution is 2.42. The maximum Gasteiger partial charge on any atom is 0.0566 e. The molecular weight excluding hydrogens is 677 g/mol. The summed E-state index contributed by atoms with van der Waals surface area (Å²) in [7, 11) is 0. The molecule has 8 aromatic carbocycles. The van der Waals surface area contributed by atoms with E-state index in [0.29, 0.717) is 0 Å². The molecule has 56 heavy (non-hydrogen) atoms. The second kappa shape index (κ2) is 12.3. The molecule has 1 atom stereocenters. The van der Waals surface area contributed by atoms with Crippen molar-refractivity contribution in [2.24, 2.45) is 0 Å². The summed E-state index contributed by atoms with van der Waals surface area (Å²) in [5.74, 6) is 0. The molecule has 0 fully saturated rings. The van der Waals surface area contributed by atoms with E-state index in [-0.39, 0.29) is 6.04 Å². The lowest BCUT2D eigenvalue weighted by molar-refractivity contribution is 0.656. The highest BCUT2D eigenvalue weighted by atomic mass is 15.0. The first kappa shape index (κ1) is 31.5. The largest absolute Gasteiger partial charge is 0.333 e. The monoisotopic (exact) mass is 714 g/mol. The number of hydrogen-bond donors (Lipinski definition) is 0. The second-order valence-electron chi connectivity index (χ2n) is 15.5. The molecule has 2 heteroatoms. The normalized spacial score (nSPS) is 15.4. The lowest BCUT2D eigenvalue weighted by atomic mass is 9.89. The molecule has 2 aliphatic rings. The fourth-order valence-corrected chi connectivity index (χ4v) is 9.97. The highest BCUT2D eigenvalue weighted by Gasteiger charge is 2.23. The summed E-state index contributed by atoms with van der Waals surface area (Å²) < 4.78 is 5.09. The third-order valence-corrected chi connectivity index (χ3v) is 12.5. The van der Waals surface area contributed by atoms with Crippen molar-refractivity contribution < 1.29 is 0 Å². The first-order valence-electron chi connectivity index (χ1n) is 19.9. The van der Waals surface area contributed by atoms with Crippen LogP contribution in [0.5, 0.6) is 0 Å². The molecule has 10 aromatic rings. The predicted molar refractivity (Wildman–Crippen MR) is 239 cm³/mol. The fraction of sp³-hybridized carbons (Fsp3) is 0.0741. The molecule has 0 radical (unpaired) electrons. The summed E-state index contributed by atoms with van der Waals surface area (Å²) in [6.45, 7) is 0. The van der Waals surface area contributed by atoms with Crippen molar-refractivity contribution in [3.05, 3.63) is 199 Å². The first-order chi connectivity index (χ1) is 27.8. The van der Waals surface area contributed by atoms with Crippen LogP contribution in [0, 0.1) is 0 Å². The van der Waals surface area contributed by atoms with Gasteiger partial charge >= 0.3 is 0 Å². The van der Waals surface area contributed by atoms with Crippen molar-refractivity contribution in [1.29, 1.82) is 0 Å². The number of hydrogen-bond acceptors (Lipinski definition) is 0. The molecule has 0 saturated carbocycles. The summed E-state index contributed by atoms with van der Waals surface area (Å²) in [6, 6.07) is 59.0. The van der Waals surface area contributed by atoms with E-state index in [1.165, 1.54) is 104 Å². The van der Waals surface area contributed by atoms with E-state index >= 15 is 0 Å². The highest BCUT2D eigenvalue weighted by molar-refractivity contribution is 6.25. The molecular formula is C54H38N2. The Kier molecular flexibility index (Phi) is 6.91. The molecule has 0 spiro atoms. The van der Waals surface area contributed by atoms with Crippen molar-refractivity contribution in [3.8, 4) is 16.8 Å². The van der Waals surface area contributed by atoms with E-state index in [1.807, 2.05) is 0 Å². The van der Waals surface area contributed by atoms with E-state index in [1.54, 1.807) is 0 Å². The molecule has 0 aliphatic heterocycles. The smallest absolute Gasteiger partial charge is 0.0566 e. The average Bonchev–Trinajstić information content (AvgIpc) is 3.79. The van der Waals surface area contributed by atoms with Gasteiger partial charge in [-0.25, -0.2) is 0 Å². The van der Waals surface area contributed by atoms with Crippen LogP contribution in [0.25, 0.3) is 93.5 Å². The Morgan fingerprint density at radius 3 is 1.82 bits per heavy atom. The van der Waals surface area contributed by atoms with Crippen LogP contribution >= 0.6 is 0 Å². The van der Waals surface area contributed by atoms with E-state index in [9.17, 15) is 0 Å². The number of nitrogens with zero attached hydrogens (tertiary/aromatic N) is 2. The Morgan fingerprint density at radius 1 is 0.464 bits per heavy atom. The topological polar surface area (TPSA) is 9.86 Å². The third-order valence-electron chi connectivity index (χ3n) is 12.5. The number of rotatable bonds is 4. The zero-order valence-electron chi connectivity index (χ0n) is 31.0. The minimum atomic E-state index is 0.174. The van der Waals surface area contributed by atoms with Gasteiger partial charge in [0.2, 0.25) is 0 Å². The number of allylic oxidation sites excluding steroid dienone is 5. The predicted octanol–water partition coefficient (Wildman–Crippen LogP) is 14.4. The molecule has 12 rings (SSSR count). The van der Waals surface area contributed by atoms with Crippen LogP contribution in [0.4, 0.5) is 0 Å². The van der Waals surface area contributed by atoms with Crippen LogP contribution in [0.3, 0.4) is 0 Å². The number of aromatic nitrogens is 2. The maximum atomic E-state index is 2.59. The third kappa shape index (κ3) is 4.69. The van der Waals surface area contributed by atoms with Gasteiger partial charge in [0.25, 0.3) is 0 Å². The lowest BCUT2D eigenvalue weighted by Crippen LogP contribution is -2.09. The van der Waals surface area contributed by atoms with Crippen molar-refractivity contribution >= 4 is 76.7 Å². The standard InChI is InChI=1S/C54H38N2/c1-2-14-39(15-3-1)55-51-23-10-8-21-46(51)48-29-26-37(33-53(48)55)38-27-30-49-47-22-9-11-24-52(47)56(54(49)34-38)40-16-12-13-35(31-40)36-25-28-45-43-19-5-4-17-41(43)42-18-6-7-20-44(42)50(45)32-36/h1-9,11-22,24-30,32-34,40H,10,23,31H2. The minimum absolute atomic E-state index is 0.174. The van der Waals surface area contributed by atoms with Crippen LogP contribution in [-0.2, 0) is 6.42 Å². The second-order valence-corrected chi connectivity index (χ2v) is 15.5. The molecule has 1 unspecified atom stereocenters. The van der Waals surface area contributed by atoms with Gasteiger partial charge in [-0.2, -0.15) is 0 Å². The van der Waals surface area contributed by atoms with E-state index in [0.717, 1.165) is 19.3 Å². The van der Waals surface area contributed by atoms with Crippen molar-refractivity contribution in [2.75, 3.05) is 0 Å². The number of benzene rings is 8. The van der Waals surface area contributed by atoms with Crippen molar-refractivity contribution in [3.63, 3.8) is 0 Å². The molecule has 0 amide bonds. The molecule has 0 N–H and O–H groups in total. The van der Waals surface area contributed by atoms with Crippen LogP contribution in [0.2, 0.25) is 0 Å². The van der Waals surface area contributed by atoms with Crippen LogP contribution in [0.1, 0.15) is 35.7 Å². The van der Waals surface area contributed by atoms with Crippen molar-refractivity contribution in [2.45, 2.75) is 25.3 Å². The zero-order valence-corrected chi connectivity index (χ0v) is 31.0. The number of para-hydroxylation sites is 2. The summed E-state index contributed by atoms with van der Waals surface area (Å²) in [5, 5.41) is 11.8. The zero-order chi connectivity index (χ0) is 36.7. The average molecular weight is 715 g/mol. The Labute approximate surface area is 325 Å². The fourth-order valence-electron chi connectivity index (χ4n) is 9.97. The van der Waals surface area contributed by atoms with Gasteiger partial charge in [0.05, 0.1) is 17.1 Å². The van der Waals surface area contributed by atoms with Crippen LogP contribution in [0.15, 0.2) is 182 Å². The molecule has 2 aromatic heterocycles. The van der Waals surface area contributed by atoms with Crippen molar-refractivity contribution in [1.82, 2.24) is 9.13 Å². The Balaban J connectivity index is 0.982. The Hall–Kier alpha value is -6.90. The van der Waals surface area contributed by atoms with Crippen LogP contribution in [-0.4, -0.2) is 9.13 Å². The first-order valence-corrected chi connectivity index (χ1v) is 19.9. The molecule has 0 bridgehead atoms. The summed E-state index contributed by atoms with van der Waals surface area (Å²) in [4.78, 5) is 0. The van der Waals surface area contributed by atoms with Gasteiger partial charge in [-0.3, -0.25) is 0 Å². The van der Waals surface area contributed by atoms with E-state index in [2.05, 4.69) is 197 Å². The summed E-state index contributed by atoms with van der Waals surface area (Å²) in [6.07, 6.45) is 14.7. The molecule has 264 valence electrons. The molecule has 2 heterocycles. The molecule has 2 nitrogen and oxygen atoms in total. The van der Waals surface area contributed by atoms with E-state index in [4.69, 9.17) is 0 Å². The lowest BCUT2D eigenvalue weighted by Gasteiger charge is -2.23. The van der Waals surface area contributed by atoms with Gasteiger partial charge in [0.15, 0.2) is 0 Å². The number of fused-ring (bicyclic) bond motifs is 12. The quantitative estimate of drug-likeness (QED) is 0.161. The summed E-state index contributed by atoms with van der Waals surface area (Å²) >= 11 is 0. The van der Waals surface area contributed by atoms with Gasteiger partial charge in [0, 0.05) is 38.6 Å². The summed E-state index contributed by atoms with van der Waals surface area (Å²) in [5.41, 5.74) is 12.9. The van der Waals surface area contributed by atoms with E-state index < -0.39 is 0 Å². The van der Waals surface area contributed by atoms with Crippen LogP contribution < -0.4 is 0 Å². The van der Waals surface area contributed by atoms with Gasteiger partial charge in [0.1, 0.15) is 0 Å². The van der Waals surface area contributed by atoms with Gasteiger partial charge in [-0.15, -0.1) is 0 Å².